The quantitative estimate of drug-likeness (QED) is 0.489. The van der Waals surface area contributed by atoms with Crippen molar-refractivity contribution in [1.29, 1.82) is 0 Å². The van der Waals surface area contributed by atoms with Crippen LogP contribution in [0.15, 0.2) is 42.6 Å². The molecule has 0 radical (unpaired) electrons. The van der Waals surface area contributed by atoms with Crippen molar-refractivity contribution in [3.05, 3.63) is 59.4 Å². The lowest BCUT2D eigenvalue weighted by Crippen LogP contribution is -1.98. The summed E-state index contributed by atoms with van der Waals surface area (Å²) in [7, 11) is 0. The zero-order chi connectivity index (χ0) is 17.0. The first-order chi connectivity index (χ1) is 11.8. The van der Waals surface area contributed by atoms with Gasteiger partial charge in [0.2, 0.25) is 0 Å². The first kappa shape index (κ1) is 18.5. The van der Waals surface area contributed by atoms with Gasteiger partial charge in [-0.05, 0) is 61.4 Å². The maximum absolute atomic E-state index is 5.71. The average Bonchev–Trinajstić information content (AvgIpc) is 2.63. The van der Waals surface area contributed by atoms with Crippen LogP contribution in [0.25, 0.3) is 0 Å². The molecule has 2 heteroatoms. The van der Waals surface area contributed by atoms with E-state index in [4.69, 9.17) is 4.74 Å². The van der Waals surface area contributed by atoms with Crippen LogP contribution in [0.5, 0.6) is 5.75 Å². The van der Waals surface area contributed by atoms with E-state index in [0.717, 1.165) is 38.0 Å². The van der Waals surface area contributed by atoms with Gasteiger partial charge in [-0.1, -0.05) is 51.3 Å². The molecular formula is C22H31NO. The van der Waals surface area contributed by atoms with Crippen molar-refractivity contribution in [2.24, 2.45) is 0 Å². The Morgan fingerprint density at radius 2 is 1.50 bits per heavy atom. The van der Waals surface area contributed by atoms with Gasteiger partial charge in [0.25, 0.3) is 0 Å². The van der Waals surface area contributed by atoms with Crippen LogP contribution in [-0.4, -0.2) is 11.6 Å². The summed E-state index contributed by atoms with van der Waals surface area (Å²) < 4.78 is 5.71. The van der Waals surface area contributed by atoms with Crippen molar-refractivity contribution in [2.75, 3.05) is 6.61 Å². The number of hydrogen-bond donors (Lipinski definition) is 0. The van der Waals surface area contributed by atoms with E-state index in [-0.39, 0.29) is 0 Å². The highest BCUT2D eigenvalue weighted by molar-refractivity contribution is 5.28. The Morgan fingerprint density at radius 1 is 0.750 bits per heavy atom. The predicted molar refractivity (Wildman–Crippen MR) is 102 cm³/mol. The van der Waals surface area contributed by atoms with Gasteiger partial charge in [0.05, 0.1) is 6.61 Å². The molecule has 130 valence electrons. The smallest absolute Gasteiger partial charge is 0.119 e. The van der Waals surface area contributed by atoms with Crippen molar-refractivity contribution in [1.82, 2.24) is 4.98 Å². The van der Waals surface area contributed by atoms with Crippen LogP contribution in [0, 0.1) is 0 Å². The van der Waals surface area contributed by atoms with E-state index in [9.17, 15) is 0 Å². The Morgan fingerprint density at radius 3 is 2.17 bits per heavy atom. The molecule has 1 aromatic heterocycles. The van der Waals surface area contributed by atoms with Gasteiger partial charge in [-0.2, -0.15) is 0 Å². The van der Waals surface area contributed by atoms with Crippen LogP contribution in [0.3, 0.4) is 0 Å². The molecule has 2 aromatic rings. The van der Waals surface area contributed by atoms with Crippen molar-refractivity contribution < 1.29 is 4.74 Å². The number of hydrogen-bond acceptors (Lipinski definition) is 2. The van der Waals surface area contributed by atoms with Crippen LogP contribution < -0.4 is 4.74 Å². The van der Waals surface area contributed by atoms with Crippen molar-refractivity contribution in [3.8, 4) is 5.75 Å². The van der Waals surface area contributed by atoms with E-state index in [1.165, 1.54) is 42.5 Å². The van der Waals surface area contributed by atoms with Crippen LogP contribution >= 0.6 is 0 Å². The van der Waals surface area contributed by atoms with E-state index in [1.54, 1.807) is 0 Å². The summed E-state index contributed by atoms with van der Waals surface area (Å²) >= 11 is 0. The summed E-state index contributed by atoms with van der Waals surface area (Å²) in [4.78, 5) is 4.62. The first-order valence-electron chi connectivity index (χ1n) is 9.47. The third-order valence-corrected chi connectivity index (χ3v) is 4.31. The zero-order valence-corrected chi connectivity index (χ0v) is 15.3. The van der Waals surface area contributed by atoms with Crippen LogP contribution in [-0.2, 0) is 19.3 Å². The third kappa shape index (κ3) is 6.74. The molecule has 2 rings (SSSR count). The highest BCUT2D eigenvalue weighted by Crippen LogP contribution is 2.14. The molecule has 0 amide bonds. The second-order valence-electron chi connectivity index (χ2n) is 6.46. The van der Waals surface area contributed by atoms with Gasteiger partial charge in [0.1, 0.15) is 5.75 Å². The normalized spacial score (nSPS) is 10.8. The fourth-order valence-corrected chi connectivity index (χ4v) is 2.69. The van der Waals surface area contributed by atoms with Crippen LogP contribution in [0.1, 0.15) is 62.8 Å². The Hall–Kier alpha value is -1.83. The Bertz CT molecular complexity index is 506. The van der Waals surface area contributed by atoms with Gasteiger partial charge in [0.15, 0.2) is 0 Å². The Balaban J connectivity index is 1.76. The van der Waals surface area contributed by atoms with Crippen molar-refractivity contribution in [3.63, 3.8) is 0 Å². The molecule has 0 saturated carbocycles. The minimum absolute atomic E-state index is 0.810. The third-order valence-electron chi connectivity index (χ3n) is 4.31. The fourth-order valence-electron chi connectivity index (χ4n) is 2.69. The van der Waals surface area contributed by atoms with Gasteiger partial charge in [-0.15, -0.1) is 0 Å². The molecule has 0 aliphatic rings. The van der Waals surface area contributed by atoms with Gasteiger partial charge < -0.3 is 4.74 Å². The molecule has 0 aliphatic carbocycles. The minimum Gasteiger partial charge on any atom is -0.494 e. The summed E-state index contributed by atoms with van der Waals surface area (Å²) in [5.41, 5.74) is 3.88. The summed E-state index contributed by atoms with van der Waals surface area (Å²) in [5.74, 6) is 0.974. The molecule has 24 heavy (non-hydrogen) atoms. The number of unbranched alkanes of at least 4 members (excludes halogenated alkanes) is 3. The lowest BCUT2D eigenvalue weighted by atomic mass is 10.1. The number of nitrogens with zero attached hydrogens (tertiary/aromatic N) is 1. The topological polar surface area (TPSA) is 22.1 Å². The Kier molecular flexibility index (Phi) is 8.37. The molecule has 0 saturated heterocycles. The van der Waals surface area contributed by atoms with Gasteiger partial charge in [-0.25, -0.2) is 0 Å². The lowest BCUT2D eigenvalue weighted by molar-refractivity contribution is 0.309. The molecule has 0 fully saturated rings. The standard InChI is InChI=1S/C22H31NO/c1-3-5-7-8-20-10-14-21(23-18-20)13-9-19-11-15-22(16-12-19)24-17-6-4-2/h10-12,14-16,18H,3-9,13,17H2,1-2H3. The largest absolute Gasteiger partial charge is 0.494 e. The van der Waals surface area contributed by atoms with E-state index in [0.29, 0.717) is 0 Å². The maximum atomic E-state index is 5.71. The number of ether oxygens (including phenoxy) is 1. The highest BCUT2D eigenvalue weighted by atomic mass is 16.5. The van der Waals surface area contributed by atoms with E-state index in [2.05, 4.69) is 61.4 Å². The van der Waals surface area contributed by atoms with Crippen LogP contribution in [0.2, 0.25) is 0 Å². The fraction of sp³-hybridized carbons (Fsp3) is 0.500. The summed E-state index contributed by atoms with van der Waals surface area (Å²) in [6.07, 6.45) is 11.3. The van der Waals surface area contributed by atoms with E-state index in [1.807, 2.05) is 0 Å². The van der Waals surface area contributed by atoms with Crippen LogP contribution in [0.4, 0.5) is 0 Å². The zero-order valence-electron chi connectivity index (χ0n) is 15.3. The molecule has 2 nitrogen and oxygen atoms in total. The molecule has 1 aromatic carbocycles. The number of aryl methyl sites for hydroxylation is 3. The minimum atomic E-state index is 0.810. The molecule has 1 heterocycles. The molecular weight excluding hydrogens is 294 g/mol. The number of rotatable bonds is 11. The first-order valence-corrected chi connectivity index (χ1v) is 9.47. The Labute approximate surface area is 147 Å². The van der Waals surface area contributed by atoms with E-state index < -0.39 is 0 Å². The molecule has 0 unspecified atom stereocenters. The summed E-state index contributed by atoms with van der Waals surface area (Å²) in [5, 5.41) is 0. The highest BCUT2D eigenvalue weighted by Gasteiger charge is 2.00. The average molecular weight is 325 g/mol. The second kappa shape index (κ2) is 10.9. The number of aromatic nitrogens is 1. The van der Waals surface area contributed by atoms with E-state index >= 15 is 0 Å². The SMILES string of the molecule is CCCCCc1ccc(CCc2ccc(OCCCC)cc2)nc1. The number of benzene rings is 1. The van der Waals surface area contributed by atoms with Gasteiger partial charge in [0, 0.05) is 11.9 Å². The maximum Gasteiger partial charge on any atom is 0.119 e. The monoisotopic (exact) mass is 325 g/mol. The predicted octanol–water partition coefficient (Wildman–Crippen LogP) is 5.78. The summed E-state index contributed by atoms with van der Waals surface area (Å²) in [6.45, 7) is 5.23. The molecule has 0 atom stereocenters. The van der Waals surface area contributed by atoms with Gasteiger partial charge >= 0.3 is 0 Å². The van der Waals surface area contributed by atoms with Gasteiger partial charge in [-0.3, -0.25) is 4.98 Å². The molecule has 0 spiro atoms. The molecule has 0 aliphatic heterocycles. The number of pyridine rings is 1. The lowest BCUT2D eigenvalue weighted by Gasteiger charge is -2.07. The van der Waals surface area contributed by atoms with Crippen molar-refractivity contribution in [2.45, 2.75) is 65.2 Å². The molecule has 0 N–H and O–H groups in total. The molecule has 0 bridgehead atoms. The van der Waals surface area contributed by atoms with Crippen molar-refractivity contribution >= 4 is 0 Å². The summed E-state index contributed by atoms with van der Waals surface area (Å²) in [6, 6.07) is 12.9. The second-order valence-corrected chi connectivity index (χ2v) is 6.46.